The van der Waals surface area contributed by atoms with Gasteiger partial charge < -0.3 is 9.47 Å². The van der Waals surface area contributed by atoms with E-state index in [1.54, 1.807) is 0 Å². The zero-order valence-corrected chi connectivity index (χ0v) is 12.6. The Morgan fingerprint density at radius 2 is 1.84 bits per heavy atom. The number of halogens is 1. The third-order valence-electron chi connectivity index (χ3n) is 3.89. The molecule has 19 heavy (non-hydrogen) atoms. The summed E-state index contributed by atoms with van der Waals surface area (Å²) in [4.78, 5) is 14.7. The zero-order valence-electron chi connectivity index (χ0n) is 11.0. The topological polar surface area (TPSA) is 25.2 Å². The van der Waals surface area contributed by atoms with Crippen LogP contribution in [0.5, 0.6) is 0 Å². The number of carbonyl (C=O) groups excluding carboxylic acids is 1. The molecule has 1 amide bonds. The first kappa shape index (κ1) is 12.7. The number of benzene rings is 1. The van der Waals surface area contributed by atoms with Gasteiger partial charge in [0.25, 0.3) is 5.91 Å². The van der Waals surface area contributed by atoms with Crippen molar-refractivity contribution < 1.29 is 4.79 Å². The Hall–Kier alpha value is -1.29. The molecule has 1 aliphatic rings. The fourth-order valence-electron chi connectivity index (χ4n) is 2.82. The van der Waals surface area contributed by atoms with Gasteiger partial charge in [-0.1, -0.05) is 18.2 Å². The molecular formula is C15H17BrN2O. The maximum atomic E-state index is 12.7. The van der Waals surface area contributed by atoms with E-state index in [1.165, 1.54) is 6.42 Å². The lowest BCUT2D eigenvalue weighted by Gasteiger charge is -2.26. The van der Waals surface area contributed by atoms with Crippen molar-refractivity contribution >= 4 is 32.7 Å². The number of rotatable bonds is 1. The fourth-order valence-corrected chi connectivity index (χ4v) is 3.39. The van der Waals surface area contributed by atoms with Gasteiger partial charge in [-0.15, -0.1) is 0 Å². The van der Waals surface area contributed by atoms with E-state index in [0.29, 0.717) is 0 Å². The number of fused-ring (bicyclic) bond motifs is 1. The van der Waals surface area contributed by atoms with Crippen molar-refractivity contribution in [3.63, 3.8) is 0 Å². The van der Waals surface area contributed by atoms with E-state index >= 15 is 0 Å². The first-order valence-electron chi connectivity index (χ1n) is 6.72. The second-order valence-electron chi connectivity index (χ2n) is 5.09. The molecule has 0 bridgehead atoms. The monoisotopic (exact) mass is 320 g/mol. The third kappa shape index (κ3) is 2.08. The van der Waals surface area contributed by atoms with Crippen molar-refractivity contribution in [3.8, 4) is 0 Å². The van der Waals surface area contributed by atoms with Gasteiger partial charge in [-0.25, -0.2) is 0 Å². The Morgan fingerprint density at radius 1 is 1.16 bits per heavy atom. The van der Waals surface area contributed by atoms with E-state index in [2.05, 4.69) is 15.9 Å². The summed E-state index contributed by atoms with van der Waals surface area (Å²) in [6.45, 7) is 1.77. The molecule has 0 N–H and O–H groups in total. The van der Waals surface area contributed by atoms with E-state index in [1.807, 2.05) is 40.8 Å². The highest BCUT2D eigenvalue weighted by atomic mass is 79.9. The van der Waals surface area contributed by atoms with Crippen LogP contribution in [0.15, 0.2) is 28.9 Å². The van der Waals surface area contributed by atoms with Crippen LogP contribution in [0.25, 0.3) is 10.9 Å². The number of likely N-dealkylation sites (tertiary alicyclic amines) is 1. The highest BCUT2D eigenvalue weighted by molar-refractivity contribution is 9.10. The Morgan fingerprint density at radius 3 is 2.58 bits per heavy atom. The van der Waals surface area contributed by atoms with Crippen LogP contribution in [0.3, 0.4) is 0 Å². The van der Waals surface area contributed by atoms with Crippen LogP contribution in [0.1, 0.15) is 29.6 Å². The molecule has 2 heterocycles. The summed E-state index contributed by atoms with van der Waals surface area (Å²) in [7, 11) is 1.99. The molecule has 100 valence electrons. The molecule has 2 aromatic rings. The lowest BCUT2D eigenvalue weighted by molar-refractivity contribution is 0.0725. The molecule has 1 aromatic carbocycles. The van der Waals surface area contributed by atoms with E-state index in [4.69, 9.17) is 0 Å². The van der Waals surface area contributed by atoms with Crippen LogP contribution in [0.4, 0.5) is 0 Å². The molecule has 0 radical (unpaired) electrons. The third-order valence-corrected chi connectivity index (χ3v) is 4.82. The van der Waals surface area contributed by atoms with Crippen molar-refractivity contribution in [2.75, 3.05) is 13.1 Å². The van der Waals surface area contributed by atoms with Crippen LogP contribution < -0.4 is 0 Å². The van der Waals surface area contributed by atoms with Crippen LogP contribution >= 0.6 is 15.9 Å². The maximum Gasteiger partial charge on any atom is 0.257 e. The van der Waals surface area contributed by atoms with Gasteiger partial charge in [-0.2, -0.15) is 0 Å². The summed E-state index contributed by atoms with van der Waals surface area (Å²) < 4.78 is 2.91. The van der Waals surface area contributed by atoms with E-state index in [9.17, 15) is 4.79 Å². The average Bonchev–Trinajstić information content (AvgIpc) is 2.72. The predicted octanol–water partition coefficient (Wildman–Crippen LogP) is 3.57. The summed E-state index contributed by atoms with van der Waals surface area (Å²) in [5.41, 5.74) is 1.90. The molecule has 3 rings (SSSR count). The molecule has 3 nitrogen and oxygen atoms in total. The Bertz CT molecular complexity index is 626. The molecule has 4 heteroatoms. The summed E-state index contributed by atoms with van der Waals surface area (Å²) in [5, 5.41) is 1.03. The van der Waals surface area contributed by atoms with E-state index in [0.717, 1.165) is 47.0 Å². The highest BCUT2D eigenvalue weighted by Crippen LogP contribution is 2.31. The SMILES string of the molecule is Cn1c(Br)c(C(=O)N2CCCCC2)c2ccccc21. The van der Waals surface area contributed by atoms with Crippen molar-refractivity contribution in [2.24, 2.45) is 7.05 Å². The summed E-state index contributed by atoms with van der Waals surface area (Å²) in [6, 6.07) is 8.07. The molecule has 1 saturated heterocycles. The molecular weight excluding hydrogens is 304 g/mol. The molecule has 0 atom stereocenters. The molecule has 0 aliphatic carbocycles. The van der Waals surface area contributed by atoms with Gasteiger partial charge in [0.1, 0.15) is 0 Å². The number of carbonyl (C=O) groups is 1. The summed E-state index contributed by atoms with van der Waals surface area (Å²) in [6.07, 6.45) is 3.47. The van der Waals surface area contributed by atoms with Crippen molar-refractivity contribution in [2.45, 2.75) is 19.3 Å². The molecule has 1 aromatic heterocycles. The number of nitrogens with zero attached hydrogens (tertiary/aromatic N) is 2. The summed E-state index contributed by atoms with van der Waals surface area (Å²) >= 11 is 3.58. The van der Waals surface area contributed by atoms with Gasteiger partial charge >= 0.3 is 0 Å². The Labute approximate surface area is 121 Å². The average molecular weight is 321 g/mol. The predicted molar refractivity (Wildman–Crippen MR) is 80.4 cm³/mol. The van der Waals surface area contributed by atoms with Crippen molar-refractivity contribution in [3.05, 3.63) is 34.4 Å². The van der Waals surface area contributed by atoms with Crippen molar-refractivity contribution in [1.29, 1.82) is 0 Å². The number of para-hydroxylation sites is 1. The molecule has 0 spiro atoms. The standard InChI is InChI=1S/C15H17BrN2O/c1-17-12-8-4-3-7-11(12)13(14(17)16)15(19)18-9-5-2-6-10-18/h3-4,7-8H,2,5-6,9-10H2,1H3. The Balaban J connectivity index is 2.09. The largest absolute Gasteiger partial charge is 0.339 e. The Kier molecular flexibility index (Phi) is 3.35. The van der Waals surface area contributed by atoms with Crippen LogP contribution in [-0.4, -0.2) is 28.5 Å². The van der Waals surface area contributed by atoms with Gasteiger partial charge in [0, 0.05) is 31.0 Å². The summed E-state index contributed by atoms with van der Waals surface area (Å²) in [5.74, 6) is 0.156. The minimum Gasteiger partial charge on any atom is -0.339 e. The number of hydrogen-bond donors (Lipinski definition) is 0. The molecule has 1 aliphatic heterocycles. The number of amides is 1. The minimum absolute atomic E-state index is 0.156. The zero-order chi connectivity index (χ0) is 13.4. The molecule has 0 unspecified atom stereocenters. The van der Waals surface area contributed by atoms with Crippen LogP contribution in [0, 0.1) is 0 Å². The minimum atomic E-state index is 0.156. The van der Waals surface area contributed by atoms with Gasteiger partial charge in [-0.3, -0.25) is 4.79 Å². The quantitative estimate of drug-likeness (QED) is 0.788. The van der Waals surface area contributed by atoms with Crippen molar-refractivity contribution in [1.82, 2.24) is 9.47 Å². The first-order chi connectivity index (χ1) is 9.20. The van der Waals surface area contributed by atoms with E-state index < -0.39 is 0 Å². The normalized spacial score (nSPS) is 16.0. The second kappa shape index (κ2) is 5.00. The smallest absolute Gasteiger partial charge is 0.257 e. The van der Waals surface area contributed by atoms with Gasteiger partial charge in [0.05, 0.1) is 10.2 Å². The number of hydrogen-bond acceptors (Lipinski definition) is 1. The fraction of sp³-hybridized carbons (Fsp3) is 0.400. The molecule has 1 fully saturated rings. The van der Waals surface area contributed by atoms with Crippen LogP contribution in [0.2, 0.25) is 0 Å². The maximum absolute atomic E-state index is 12.7. The van der Waals surface area contributed by atoms with Gasteiger partial charge in [-0.05, 0) is 41.3 Å². The lowest BCUT2D eigenvalue weighted by atomic mass is 10.1. The van der Waals surface area contributed by atoms with Crippen LogP contribution in [-0.2, 0) is 7.05 Å². The number of aryl methyl sites for hydroxylation is 1. The van der Waals surface area contributed by atoms with Gasteiger partial charge in [0.2, 0.25) is 0 Å². The van der Waals surface area contributed by atoms with Gasteiger partial charge in [0.15, 0.2) is 0 Å². The lowest BCUT2D eigenvalue weighted by Crippen LogP contribution is -2.35. The first-order valence-corrected chi connectivity index (χ1v) is 7.51. The highest BCUT2D eigenvalue weighted by Gasteiger charge is 2.24. The second-order valence-corrected chi connectivity index (χ2v) is 5.85. The number of piperidine rings is 1. The van der Waals surface area contributed by atoms with E-state index in [-0.39, 0.29) is 5.91 Å². The number of aromatic nitrogens is 1. The molecule has 0 saturated carbocycles.